The lowest BCUT2D eigenvalue weighted by Gasteiger charge is -2.34. The minimum absolute atomic E-state index is 0.0382. The van der Waals surface area contributed by atoms with Crippen LogP contribution >= 0.6 is 23.2 Å². The van der Waals surface area contributed by atoms with Gasteiger partial charge in [0.25, 0.3) is 0 Å². The van der Waals surface area contributed by atoms with Crippen LogP contribution < -0.4 is 4.90 Å². The molecule has 0 amide bonds. The molecule has 1 saturated heterocycles. The molecule has 4 nitrogen and oxygen atoms in total. The Morgan fingerprint density at radius 1 is 1.19 bits per heavy atom. The number of aromatic nitrogens is 2. The highest BCUT2D eigenvalue weighted by Crippen LogP contribution is 2.30. The predicted molar refractivity (Wildman–Crippen MR) is 84.1 cm³/mol. The van der Waals surface area contributed by atoms with Crippen LogP contribution in [0.4, 0.5) is 5.82 Å². The van der Waals surface area contributed by atoms with Gasteiger partial charge in [-0.25, -0.2) is 9.97 Å². The average Bonchev–Trinajstić information content (AvgIpc) is 2.50. The molecule has 0 saturated carbocycles. The summed E-state index contributed by atoms with van der Waals surface area (Å²) in [4.78, 5) is 10.7. The number of rotatable bonds is 2. The number of halogens is 2. The number of nitrogens with zero attached hydrogens (tertiary/aromatic N) is 3. The summed E-state index contributed by atoms with van der Waals surface area (Å²) in [7, 11) is 0. The molecule has 2 heterocycles. The summed E-state index contributed by atoms with van der Waals surface area (Å²) in [5.41, 5.74) is 1.98. The zero-order valence-electron chi connectivity index (χ0n) is 11.6. The highest BCUT2D eigenvalue weighted by molar-refractivity contribution is 6.42. The number of benzene rings is 1. The molecule has 0 spiro atoms. The second kappa shape index (κ2) is 6.18. The minimum atomic E-state index is -0.0382. The van der Waals surface area contributed by atoms with Gasteiger partial charge >= 0.3 is 0 Å². The number of hydrogen-bond acceptors (Lipinski definition) is 4. The van der Waals surface area contributed by atoms with Gasteiger partial charge in [-0.2, -0.15) is 0 Å². The SMILES string of the molecule is Cc1cc(N2CCO[C@H](c3ccc(Cl)c(Cl)c3)C2)ncn1. The van der Waals surface area contributed by atoms with Gasteiger partial charge in [0.05, 0.1) is 16.7 Å². The van der Waals surface area contributed by atoms with Crippen LogP contribution in [0.5, 0.6) is 0 Å². The van der Waals surface area contributed by atoms with Crippen molar-refractivity contribution in [1.82, 2.24) is 9.97 Å². The lowest BCUT2D eigenvalue weighted by molar-refractivity contribution is 0.0395. The van der Waals surface area contributed by atoms with Crippen LogP contribution in [0.2, 0.25) is 10.0 Å². The fourth-order valence-electron chi connectivity index (χ4n) is 2.39. The molecule has 1 aliphatic rings. The third-order valence-electron chi connectivity index (χ3n) is 3.50. The van der Waals surface area contributed by atoms with Crippen LogP contribution in [0, 0.1) is 6.92 Å². The Morgan fingerprint density at radius 2 is 2.05 bits per heavy atom. The minimum Gasteiger partial charge on any atom is -0.370 e. The van der Waals surface area contributed by atoms with Crippen LogP contribution in [0.3, 0.4) is 0 Å². The molecule has 0 bridgehead atoms. The van der Waals surface area contributed by atoms with Crippen molar-refractivity contribution in [3.05, 3.63) is 51.9 Å². The molecule has 21 heavy (non-hydrogen) atoms. The van der Waals surface area contributed by atoms with E-state index in [9.17, 15) is 0 Å². The topological polar surface area (TPSA) is 38.2 Å². The van der Waals surface area contributed by atoms with Crippen molar-refractivity contribution in [3.63, 3.8) is 0 Å². The third kappa shape index (κ3) is 3.28. The lowest BCUT2D eigenvalue weighted by Crippen LogP contribution is -2.38. The van der Waals surface area contributed by atoms with Crippen LogP contribution in [0.1, 0.15) is 17.4 Å². The van der Waals surface area contributed by atoms with Gasteiger partial charge in [0.15, 0.2) is 0 Å². The third-order valence-corrected chi connectivity index (χ3v) is 4.23. The van der Waals surface area contributed by atoms with E-state index in [1.165, 1.54) is 0 Å². The standard InChI is InChI=1S/C15H15Cl2N3O/c1-10-6-15(19-9-18-10)20-4-5-21-14(8-20)11-2-3-12(16)13(17)7-11/h2-3,6-7,9,14H,4-5,8H2,1H3/t14-/m0/s1. The summed E-state index contributed by atoms with van der Waals surface area (Å²) in [6.45, 7) is 4.15. The number of anilines is 1. The van der Waals surface area contributed by atoms with Crippen molar-refractivity contribution >= 4 is 29.0 Å². The normalized spacial score (nSPS) is 18.8. The molecular weight excluding hydrogens is 309 g/mol. The van der Waals surface area contributed by atoms with Crippen molar-refractivity contribution < 1.29 is 4.74 Å². The van der Waals surface area contributed by atoms with Crippen molar-refractivity contribution in [2.75, 3.05) is 24.6 Å². The first-order valence-corrected chi connectivity index (χ1v) is 7.49. The molecule has 0 radical (unpaired) electrons. The van der Waals surface area contributed by atoms with E-state index in [1.807, 2.05) is 25.1 Å². The van der Waals surface area contributed by atoms with E-state index in [0.717, 1.165) is 30.2 Å². The Kier molecular flexibility index (Phi) is 4.29. The first kappa shape index (κ1) is 14.6. The quantitative estimate of drug-likeness (QED) is 0.845. The van der Waals surface area contributed by atoms with Gasteiger partial charge in [-0.15, -0.1) is 0 Å². The molecule has 2 aromatic rings. The van der Waals surface area contributed by atoms with E-state index in [0.29, 0.717) is 16.7 Å². The van der Waals surface area contributed by atoms with Gasteiger partial charge in [0.2, 0.25) is 0 Å². The number of hydrogen-bond donors (Lipinski definition) is 0. The zero-order valence-corrected chi connectivity index (χ0v) is 13.1. The lowest BCUT2D eigenvalue weighted by atomic mass is 10.1. The number of aryl methyl sites for hydroxylation is 1. The smallest absolute Gasteiger partial charge is 0.132 e. The summed E-state index contributed by atoms with van der Waals surface area (Å²) in [6.07, 6.45) is 1.55. The molecule has 1 aliphatic heterocycles. The summed E-state index contributed by atoms with van der Waals surface area (Å²) >= 11 is 12.0. The molecule has 3 rings (SSSR count). The average molecular weight is 324 g/mol. The fourth-order valence-corrected chi connectivity index (χ4v) is 2.69. The molecule has 0 N–H and O–H groups in total. The maximum absolute atomic E-state index is 6.09. The highest BCUT2D eigenvalue weighted by Gasteiger charge is 2.23. The highest BCUT2D eigenvalue weighted by atomic mass is 35.5. The molecular formula is C15H15Cl2N3O. The maximum Gasteiger partial charge on any atom is 0.132 e. The van der Waals surface area contributed by atoms with Gasteiger partial charge in [-0.1, -0.05) is 29.3 Å². The Labute approximate surface area is 133 Å². The number of ether oxygens (including phenoxy) is 1. The Hall–Kier alpha value is -1.36. The molecule has 0 unspecified atom stereocenters. The van der Waals surface area contributed by atoms with E-state index >= 15 is 0 Å². The summed E-state index contributed by atoms with van der Waals surface area (Å²) in [5.74, 6) is 0.927. The molecule has 1 aromatic heterocycles. The summed E-state index contributed by atoms with van der Waals surface area (Å²) in [5, 5.41) is 1.10. The molecule has 0 aliphatic carbocycles. The van der Waals surface area contributed by atoms with Crippen molar-refractivity contribution in [2.24, 2.45) is 0 Å². The second-order valence-electron chi connectivity index (χ2n) is 5.00. The van der Waals surface area contributed by atoms with Gasteiger partial charge in [0, 0.05) is 24.8 Å². The molecule has 1 aromatic carbocycles. The van der Waals surface area contributed by atoms with Crippen LogP contribution in [-0.4, -0.2) is 29.7 Å². The monoisotopic (exact) mass is 323 g/mol. The second-order valence-corrected chi connectivity index (χ2v) is 5.81. The summed E-state index contributed by atoms with van der Waals surface area (Å²) in [6, 6.07) is 7.60. The van der Waals surface area contributed by atoms with Crippen molar-refractivity contribution in [2.45, 2.75) is 13.0 Å². The van der Waals surface area contributed by atoms with Crippen molar-refractivity contribution in [3.8, 4) is 0 Å². The van der Waals surface area contributed by atoms with Crippen LogP contribution in [0.15, 0.2) is 30.6 Å². The van der Waals surface area contributed by atoms with Crippen LogP contribution in [0.25, 0.3) is 0 Å². The molecule has 1 atom stereocenters. The van der Waals surface area contributed by atoms with Gasteiger partial charge in [0.1, 0.15) is 18.2 Å². The Bertz CT molecular complexity index is 651. The first-order valence-electron chi connectivity index (χ1n) is 6.73. The van der Waals surface area contributed by atoms with Crippen LogP contribution in [-0.2, 0) is 4.74 Å². The van der Waals surface area contributed by atoms with Crippen molar-refractivity contribution in [1.29, 1.82) is 0 Å². The van der Waals surface area contributed by atoms with E-state index < -0.39 is 0 Å². The van der Waals surface area contributed by atoms with Gasteiger partial charge in [-0.3, -0.25) is 0 Å². The van der Waals surface area contributed by atoms with E-state index in [4.69, 9.17) is 27.9 Å². The molecule has 6 heteroatoms. The van der Waals surface area contributed by atoms with E-state index in [2.05, 4.69) is 14.9 Å². The maximum atomic E-state index is 6.09. The van der Waals surface area contributed by atoms with Gasteiger partial charge in [-0.05, 0) is 24.6 Å². The first-order chi connectivity index (χ1) is 10.1. The summed E-state index contributed by atoms with van der Waals surface area (Å²) < 4.78 is 5.85. The van der Waals surface area contributed by atoms with Gasteiger partial charge < -0.3 is 9.64 Å². The fraction of sp³-hybridized carbons (Fsp3) is 0.333. The van der Waals surface area contributed by atoms with E-state index in [1.54, 1.807) is 12.4 Å². The largest absolute Gasteiger partial charge is 0.370 e. The zero-order chi connectivity index (χ0) is 14.8. The number of morpholine rings is 1. The molecule has 110 valence electrons. The Balaban J connectivity index is 1.80. The Morgan fingerprint density at radius 3 is 2.81 bits per heavy atom. The molecule has 1 fully saturated rings. The van der Waals surface area contributed by atoms with E-state index in [-0.39, 0.29) is 6.10 Å². The predicted octanol–water partition coefficient (Wildman–Crippen LogP) is 3.67.